The van der Waals surface area contributed by atoms with E-state index in [0.29, 0.717) is 6.42 Å². The van der Waals surface area contributed by atoms with E-state index in [1.165, 1.54) is 18.3 Å². The molecule has 0 spiro atoms. The quantitative estimate of drug-likeness (QED) is 0.661. The highest BCUT2D eigenvalue weighted by Crippen LogP contribution is 2.09. The second-order valence-electron chi connectivity index (χ2n) is 3.33. The number of aromatic nitrogens is 1. The fourth-order valence-corrected chi connectivity index (χ4v) is 2.34. The highest BCUT2D eigenvalue weighted by atomic mass is 32.2. The molecule has 7 heteroatoms. The van der Waals surface area contributed by atoms with E-state index in [-0.39, 0.29) is 17.3 Å². The van der Waals surface area contributed by atoms with Crippen molar-refractivity contribution in [3.8, 4) is 0 Å². The van der Waals surface area contributed by atoms with Gasteiger partial charge in [-0.3, -0.25) is 0 Å². The number of nitrogens with two attached hydrogens (primary N) is 1. The summed E-state index contributed by atoms with van der Waals surface area (Å²) in [5.74, 6) is 0.258. The van der Waals surface area contributed by atoms with Crippen molar-refractivity contribution in [1.82, 2.24) is 9.71 Å². The summed E-state index contributed by atoms with van der Waals surface area (Å²) in [6.07, 6.45) is 1.69. The van der Waals surface area contributed by atoms with Gasteiger partial charge in [-0.25, -0.2) is 18.1 Å². The van der Waals surface area contributed by atoms with Crippen LogP contribution in [0.25, 0.3) is 0 Å². The number of nitrogens with one attached hydrogen (secondary N) is 1. The normalized spacial score (nSPS) is 13.6. The van der Waals surface area contributed by atoms with Crippen molar-refractivity contribution in [3.05, 3.63) is 18.3 Å². The smallest absolute Gasteiger partial charge is 0.242 e. The molecule has 1 atom stereocenters. The van der Waals surface area contributed by atoms with E-state index in [9.17, 15) is 8.42 Å². The zero-order chi connectivity index (χ0) is 12.2. The van der Waals surface area contributed by atoms with Crippen LogP contribution in [0.15, 0.2) is 23.2 Å². The van der Waals surface area contributed by atoms with Gasteiger partial charge in [-0.15, -0.1) is 0 Å². The van der Waals surface area contributed by atoms with Gasteiger partial charge in [0.15, 0.2) is 0 Å². The van der Waals surface area contributed by atoms with Gasteiger partial charge in [-0.2, -0.15) is 0 Å². The largest absolute Gasteiger partial charge is 0.395 e. The molecule has 0 aliphatic rings. The predicted octanol–water partition coefficient (Wildman–Crippen LogP) is -0.287. The lowest BCUT2D eigenvalue weighted by Gasteiger charge is -2.13. The molecule has 1 rings (SSSR count). The summed E-state index contributed by atoms with van der Waals surface area (Å²) in [6, 6.07) is 2.30. The van der Waals surface area contributed by atoms with E-state index in [0.717, 1.165) is 0 Å². The summed E-state index contributed by atoms with van der Waals surface area (Å²) >= 11 is 0. The molecule has 4 N–H and O–H groups in total. The van der Waals surface area contributed by atoms with E-state index >= 15 is 0 Å². The number of sulfonamides is 1. The number of aliphatic hydroxyl groups is 1. The van der Waals surface area contributed by atoms with Crippen LogP contribution in [0.2, 0.25) is 0 Å². The summed E-state index contributed by atoms with van der Waals surface area (Å²) in [4.78, 5) is 3.74. The minimum atomic E-state index is -3.63. The molecule has 0 bridgehead atoms. The van der Waals surface area contributed by atoms with E-state index in [1.54, 1.807) is 6.92 Å². The van der Waals surface area contributed by atoms with Crippen molar-refractivity contribution in [2.24, 2.45) is 0 Å². The van der Waals surface area contributed by atoms with Crippen LogP contribution in [0.3, 0.4) is 0 Å². The van der Waals surface area contributed by atoms with Crippen LogP contribution in [0, 0.1) is 0 Å². The van der Waals surface area contributed by atoms with Crippen LogP contribution in [-0.2, 0) is 10.0 Å². The van der Waals surface area contributed by atoms with Gasteiger partial charge in [-0.1, -0.05) is 6.92 Å². The molecule has 6 nitrogen and oxygen atoms in total. The zero-order valence-electron chi connectivity index (χ0n) is 8.92. The third-order valence-corrected chi connectivity index (χ3v) is 3.61. The number of nitrogen functional groups attached to an aromatic ring is 1. The Morgan fingerprint density at radius 2 is 2.25 bits per heavy atom. The molecule has 1 aromatic heterocycles. The van der Waals surface area contributed by atoms with Crippen LogP contribution in [-0.4, -0.2) is 31.2 Å². The SMILES string of the molecule is CCC(CO)NS(=O)(=O)c1ccc(N)nc1. The van der Waals surface area contributed by atoms with Gasteiger partial charge in [0, 0.05) is 12.2 Å². The molecule has 1 unspecified atom stereocenters. The van der Waals surface area contributed by atoms with E-state index < -0.39 is 16.1 Å². The van der Waals surface area contributed by atoms with Crippen molar-refractivity contribution >= 4 is 15.8 Å². The third-order valence-electron chi connectivity index (χ3n) is 2.10. The Kier molecular flexibility index (Phi) is 4.22. The van der Waals surface area contributed by atoms with Crippen LogP contribution in [0.1, 0.15) is 13.3 Å². The Balaban J connectivity index is 2.89. The van der Waals surface area contributed by atoms with Crippen molar-refractivity contribution < 1.29 is 13.5 Å². The molecule has 0 saturated heterocycles. The van der Waals surface area contributed by atoms with Gasteiger partial charge >= 0.3 is 0 Å². The molecule has 0 saturated carbocycles. The molecule has 0 aliphatic heterocycles. The Morgan fingerprint density at radius 3 is 2.69 bits per heavy atom. The molecule has 1 aromatic rings. The number of hydrogen-bond acceptors (Lipinski definition) is 5. The maximum absolute atomic E-state index is 11.8. The fourth-order valence-electron chi connectivity index (χ4n) is 1.09. The average Bonchev–Trinajstić information content (AvgIpc) is 2.26. The summed E-state index contributed by atoms with van der Waals surface area (Å²) in [5.41, 5.74) is 5.36. The first-order valence-electron chi connectivity index (χ1n) is 4.84. The lowest BCUT2D eigenvalue weighted by Crippen LogP contribution is -2.36. The van der Waals surface area contributed by atoms with Gasteiger partial charge in [0.2, 0.25) is 10.0 Å². The Bertz CT molecular complexity index is 426. The summed E-state index contributed by atoms with van der Waals surface area (Å²) in [5, 5.41) is 8.92. The van der Waals surface area contributed by atoms with Crippen molar-refractivity contribution in [3.63, 3.8) is 0 Å². The summed E-state index contributed by atoms with van der Waals surface area (Å²) in [7, 11) is -3.63. The second kappa shape index (κ2) is 5.24. The first-order valence-corrected chi connectivity index (χ1v) is 6.32. The number of nitrogens with zero attached hydrogens (tertiary/aromatic N) is 1. The number of aliphatic hydroxyl groups excluding tert-OH is 1. The van der Waals surface area contributed by atoms with Crippen molar-refractivity contribution in [2.45, 2.75) is 24.3 Å². The highest BCUT2D eigenvalue weighted by molar-refractivity contribution is 7.89. The minimum absolute atomic E-state index is 0.0357. The van der Waals surface area contributed by atoms with Gasteiger partial charge in [-0.05, 0) is 18.6 Å². The molecule has 90 valence electrons. The highest BCUT2D eigenvalue weighted by Gasteiger charge is 2.18. The molecule has 16 heavy (non-hydrogen) atoms. The molecular formula is C9H15N3O3S. The van der Waals surface area contributed by atoms with Crippen molar-refractivity contribution in [1.29, 1.82) is 0 Å². The van der Waals surface area contributed by atoms with E-state index in [1.807, 2.05) is 0 Å². The van der Waals surface area contributed by atoms with Crippen LogP contribution in [0.5, 0.6) is 0 Å². The number of pyridine rings is 1. The van der Waals surface area contributed by atoms with Crippen LogP contribution < -0.4 is 10.5 Å². The molecule has 0 radical (unpaired) electrons. The van der Waals surface area contributed by atoms with Gasteiger partial charge in [0.25, 0.3) is 0 Å². The molecule has 0 amide bonds. The third kappa shape index (κ3) is 3.16. The standard InChI is InChI=1S/C9H15N3O3S/c1-2-7(6-13)12-16(14,15)8-3-4-9(10)11-5-8/h3-5,7,12-13H,2,6H2,1H3,(H2,10,11). The maximum atomic E-state index is 11.8. The Morgan fingerprint density at radius 1 is 1.56 bits per heavy atom. The number of anilines is 1. The lowest BCUT2D eigenvalue weighted by atomic mass is 10.3. The Labute approximate surface area is 94.6 Å². The second-order valence-corrected chi connectivity index (χ2v) is 5.04. The first kappa shape index (κ1) is 12.9. The van der Waals surface area contributed by atoms with Gasteiger partial charge in [0.1, 0.15) is 10.7 Å². The lowest BCUT2D eigenvalue weighted by molar-refractivity contribution is 0.254. The fraction of sp³-hybridized carbons (Fsp3) is 0.444. The molecule has 0 fully saturated rings. The molecular weight excluding hydrogens is 230 g/mol. The Hall–Kier alpha value is -1.18. The van der Waals surface area contributed by atoms with E-state index in [4.69, 9.17) is 10.8 Å². The average molecular weight is 245 g/mol. The maximum Gasteiger partial charge on any atom is 0.242 e. The van der Waals surface area contributed by atoms with Crippen molar-refractivity contribution in [2.75, 3.05) is 12.3 Å². The molecule has 0 aromatic carbocycles. The molecule has 1 heterocycles. The van der Waals surface area contributed by atoms with Gasteiger partial charge < -0.3 is 10.8 Å². The topological polar surface area (TPSA) is 105 Å². The predicted molar refractivity (Wildman–Crippen MR) is 60.1 cm³/mol. The monoisotopic (exact) mass is 245 g/mol. The minimum Gasteiger partial charge on any atom is -0.395 e. The van der Waals surface area contributed by atoms with E-state index in [2.05, 4.69) is 9.71 Å². The summed E-state index contributed by atoms with van der Waals surface area (Å²) in [6.45, 7) is 1.54. The molecule has 0 aliphatic carbocycles. The van der Waals surface area contributed by atoms with Crippen LogP contribution >= 0.6 is 0 Å². The van der Waals surface area contributed by atoms with Crippen LogP contribution in [0.4, 0.5) is 5.82 Å². The zero-order valence-corrected chi connectivity index (χ0v) is 9.74. The number of hydrogen-bond donors (Lipinski definition) is 3. The first-order chi connectivity index (χ1) is 7.49. The summed E-state index contributed by atoms with van der Waals surface area (Å²) < 4.78 is 25.9. The van der Waals surface area contributed by atoms with Gasteiger partial charge in [0.05, 0.1) is 6.61 Å². The number of rotatable bonds is 5.